The van der Waals surface area contributed by atoms with Crippen molar-refractivity contribution in [1.29, 1.82) is 0 Å². The number of para-hydroxylation sites is 1. The Labute approximate surface area is 155 Å². The maximum atomic E-state index is 13.3. The largest absolute Gasteiger partial charge is 0.395 e. The number of benzene rings is 2. The highest BCUT2D eigenvalue weighted by Crippen LogP contribution is 2.24. The number of hydrogen-bond donors (Lipinski definition) is 2. The normalized spacial score (nSPS) is 12.5. The molecule has 0 aliphatic heterocycles. The molecule has 142 valence electrons. The van der Waals surface area contributed by atoms with Crippen molar-refractivity contribution in [2.75, 3.05) is 6.61 Å². The Morgan fingerprint density at radius 1 is 1.04 bits per heavy atom. The van der Waals surface area contributed by atoms with Gasteiger partial charge >= 0.3 is 0 Å². The summed E-state index contributed by atoms with van der Waals surface area (Å²) in [6, 6.07) is 14.7. The van der Waals surface area contributed by atoms with Crippen molar-refractivity contribution in [3.05, 3.63) is 72.2 Å². The molecule has 1 heterocycles. The molecule has 0 aliphatic rings. The summed E-state index contributed by atoms with van der Waals surface area (Å²) in [5.41, 5.74) is 2.95. The van der Waals surface area contributed by atoms with E-state index in [1.165, 1.54) is 12.1 Å². The molecule has 2 aromatic carbocycles. The third-order valence-corrected chi connectivity index (χ3v) is 4.19. The third kappa shape index (κ3) is 4.96. The monoisotopic (exact) mass is 375 g/mol. The van der Waals surface area contributed by atoms with Crippen LogP contribution in [0.15, 0.2) is 60.8 Å². The number of nitrogens with zero attached hydrogens (tertiary/aromatic N) is 2. The highest BCUT2D eigenvalue weighted by atomic mass is 19.3. The van der Waals surface area contributed by atoms with Gasteiger partial charge in [0.25, 0.3) is 0 Å². The Morgan fingerprint density at radius 2 is 1.74 bits per heavy atom. The average Bonchev–Trinajstić information content (AvgIpc) is 3.10. The molecular formula is C20H20F3N3O. The van der Waals surface area contributed by atoms with E-state index in [4.69, 9.17) is 0 Å². The third-order valence-electron chi connectivity index (χ3n) is 4.19. The lowest BCUT2D eigenvalue weighted by Gasteiger charge is -2.15. The molecule has 0 spiro atoms. The summed E-state index contributed by atoms with van der Waals surface area (Å²) in [6.07, 6.45) is -1.13. The van der Waals surface area contributed by atoms with Gasteiger partial charge in [-0.1, -0.05) is 18.2 Å². The summed E-state index contributed by atoms with van der Waals surface area (Å²) >= 11 is 0. The average molecular weight is 375 g/mol. The van der Waals surface area contributed by atoms with E-state index < -0.39 is 18.9 Å². The highest BCUT2D eigenvalue weighted by Gasteiger charge is 2.17. The van der Waals surface area contributed by atoms with Gasteiger partial charge in [0, 0.05) is 36.3 Å². The van der Waals surface area contributed by atoms with Crippen LogP contribution >= 0.6 is 0 Å². The van der Waals surface area contributed by atoms with E-state index in [1.54, 1.807) is 23.0 Å². The molecule has 1 unspecified atom stereocenters. The summed E-state index contributed by atoms with van der Waals surface area (Å²) in [6.45, 7) is -0.138. The van der Waals surface area contributed by atoms with Crippen molar-refractivity contribution in [2.45, 2.75) is 25.4 Å². The molecule has 0 amide bonds. The van der Waals surface area contributed by atoms with Crippen LogP contribution in [0.4, 0.5) is 13.2 Å². The minimum atomic E-state index is -2.50. The number of aliphatic hydroxyl groups is 1. The first-order chi connectivity index (χ1) is 13.1. The first-order valence-electron chi connectivity index (χ1n) is 8.59. The molecule has 0 saturated heterocycles. The Kier molecular flexibility index (Phi) is 6.26. The fourth-order valence-electron chi connectivity index (χ4n) is 2.79. The summed E-state index contributed by atoms with van der Waals surface area (Å²) in [5, 5.41) is 16.8. The fraction of sp³-hybridized carbons (Fsp3) is 0.250. The van der Waals surface area contributed by atoms with E-state index in [0.29, 0.717) is 5.69 Å². The number of nitrogens with one attached hydrogen (secondary N) is 1. The molecule has 4 nitrogen and oxygen atoms in total. The molecule has 27 heavy (non-hydrogen) atoms. The molecule has 0 bridgehead atoms. The van der Waals surface area contributed by atoms with Crippen molar-refractivity contribution < 1.29 is 18.3 Å². The topological polar surface area (TPSA) is 50.1 Å². The molecule has 0 aliphatic carbocycles. The van der Waals surface area contributed by atoms with Gasteiger partial charge in [-0.25, -0.2) is 17.9 Å². The van der Waals surface area contributed by atoms with E-state index in [-0.39, 0.29) is 19.0 Å². The van der Waals surface area contributed by atoms with Crippen LogP contribution in [0.2, 0.25) is 0 Å². The van der Waals surface area contributed by atoms with Crippen LogP contribution in [-0.4, -0.2) is 34.0 Å². The maximum absolute atomic E-state index is 13.3. The Morgan fingerprint density at radius 3 is 2.37 bits per heavy atom. The number of hydrogen-bond acceptors (Lipinski definition) is 3. The smallest absolute Gasteiger partial charge is 0.240 e. The quantitative estimate of drug-likeness (QED) is 0.630. The molecule has 3 aromatic rings. The number of aliphatic hydroxyl groups excluding tert-OH is 1. The number of alkyl halides is 2. The van der Waals surface area contributed by atoms with Crippen LogP contribution in [0.5, 0.6) is 0 Å². The van der Waals surface area contributed by atoms with Crippen molar-refractivity contribution in [2.24, 2.45) is 0 Å². The van der Waals surface area contributed by atoms with E-state index in [9.17, 15) is 18.3 Å². The standard InChI is InChI=1S/C20H20F3N3O/c21-16-8-6-14(7-9-16)20-15(11-24-17(13-27)10-19(22)23)12-26(25-20)18-4-2-1-3-5-18/h1-9,12,17,19,24,27H,10-11,13H2. The minimum Gasteiger partial charge on any atom is -0.395 e. The molecule has 2 N–H and O–H groups in total. The van der Waals surface area contributed by atoms with Gasteiger partial charge in [0.15, 0.2) is 0 Å². The van der Waals surface area contributed by atoms with Crippen molar-refractivity contribution in [3.63, 3.8) is 0 Å². The summed E-state index contributed by atoms with van der Waals surface area (Å²) in [7, 11) is 0. The molecular weight excluding hydrogens is 355 g/mol. The minimum absolute atomic E-state index is 0.248. The van der Waals surface area contributed by atoms with E-state index >= 15 is 0 Å². The second-order valence-electron chi connectivity index (χ2n) is 6.18. The molecule has 3 rings (SSSR count). The summed E-state index contributed by atoms with van der Waals surface area (Å²) in [5.74, 6) is -0.349. The van der Waals surface area contributed by atoms with Gasteiger partial charge in [0.05, 0.1) is 18.0 Å². The van der Waals surface area contributed by atoms with Crippen molar-refractivity contribution in [3.8, 4) is 16.9 Å². The van der Waals surface area contributed by atoms with Crippen LogP contribution in [0.3, 0.4) is 0 Å². The Bertz CT molecular complexity index is 851. The van der Waals surface area contributed by atoms with Crippen LogP contribution in [-0.2, 0) is 6.54 Å². The van der Waals surface area contributed by atoms with Gasteiger partial charge in [-0.2, -0.15) is 5.10 Å². The predicted octanol–water partition coefficient (Wildman–Crippen LogP) is 3.78. The zero-order valence-corrected chi connectivity index (χ0v) is 14.5. The lowest BCUT2D eigenvalue weighted by Crippen LogP contribution is -2.33. The highest BCUT2D eigenvalue weighted by molar-refractivity contribution is 5.63. The maximum Gasteiger partial charge on any atom is 0.240 e. The molecule has 0 saturated carbocycles. The van der Waals surface area contributed by atoms with Crippen molar-refractivity contribution in [1.82, 2.24) is 15.1 Å². The molecule has 0 radical (unpaired) electrons. The first-order valence-corrected chi connectivity index (χ1v) is 8.59. The zero-order valence-electron chi connectivity index (χ0n) is 14.5. The number of aromatic nitrogens is 2. The Hall–Kier alpha value is -2.64. The van der Waals surface area contributed by atoms with Crippen LogP contribution in [0.25, 0.3) is 16.9 Å². The summed E-state index contributed by atoms with van der Waals surface area (Å²) in [4.78, 5) is 0. The first kappa shape index (κ1) is 19.1. The lowest BCUT2D eigenvalue weighted by molar-refractivity contribution is 0.104. The molecule has 1 atom stereocenters. The van der Waals surface area contributed by atoms with E-state index in [0.717, 1.165) is 16.8 Å². The van der Waals surface area contributed by atoms with Gasteiger partial charge in [0.2, 0.25) is 6.43 Å². The second kappa shape index (κ2) is 8.83. The van der Waals surface area contributed by atoms with Gasteiger partial charge in [-0.05, 0) is 36.4 Å². The molecule has 1 aromatic heterocycles. The van der Waals surface area contributed by atoms with E-state index in [2.05, 4.69) is 10.4 Å². The lowest BCUT2D eigenvalue weighted by atomic mass is 10.1. The van der Waals surface area contributed by atoms with Gasteiger partial charge < -0.3 is 10.4 Å². The van der Waals surface area contributed by atoms with Crippen LogP contribution in [0, 0.1) is 5.82 Å². The number of halogens is 3. The second-order valence-corrected chi connectivity index (χ2v) is 6.18. The number of rotatable bonds is 8. The molecule has 7 heteroatoms. The van der Waals surface area contributed by atoms with E-state index in [1.807, 2.05) is 30.3 Å². The van der Waals surface area contributed by atoms with Crippen LogP contribution in [0.1, 0.15) is 12.0 Å². The SMILES string of the molecule is OCC(CC(F)F)NCc1cn(-c2ccccc2)nc1-c1ccc(F)cc1. The van der Waals surface area contributed by atoms with Gasteiger partial charge in [0.1, 0.15) is 5.82 Å². The van der Waals surface area contributed by atoms with Crippen LogP contribution < -0.4 is 5.32 Å². The van der Waals surface area contributed by atoms with Crippen molar-refractivity contribution >= 4 is 0 Å². The van der Waals surface area contributed by atoms with Gasteiger partial charge in [-0.3, -0.25) is 0 Å². The molecule has 0 fully saturated rings. The predicted molar refractivity (Wildman–Crippen MR) is 97.3 cm³/mol. The fourth-order valence-corrected chi connectivity index (χ4v) is 2.79. The summed E-state index contributed by atoms with van der Waals surface area (Å²) < 4.78 is 40.2. The zero-order chi connectivity index (χ0) is 19.2. The van der Waals surface area contributed by atoms with Gasteiger partial charge in [-0.15, -0.1) is 0 Å². The Balaban J connectivity index is 1.90.